The molecule has 0 radical (unpaired) electrons. The lowest BCUT2D eigenvalue weighted by molar-refractivity contribution is 0.0285. The molecule has 2 fully saturated rings. The van der Waals surface area contributed by atoms with Crippen molar-refractivity contribution in [2.24, 2.45) is 5.73 Å². The van der Waals surface area contributed by atoms with Crippen LogP contribution in [0.4, 0.5) is 4.79 Å². The van der Waals surface area contributed by atoms with Crippen molar-refractivity contribution in [3.05, 3.63) is 0 Å². The first kappa shape index (κ1) is 14.6. The van der Waals surface area contributed by atoms with Crippen molar-refractivity contribution in [1.82, 2.24) is 9.80 Å². The Labute approximate surface area is 116 Å². The maximum absolute atomic E-state index is 12.8. The molecular formula is C14H27N3O2. The molecule has 1 aliphatic heterocycles. The zero-order valence-electron chi connectivity index (χ0n) is 12.1. The highest BCUT2D eigenvalue weighted by atomic mass is 16.5. The number of hydrogen-bond acceptors (Lipinski definition) is 3. The number of amides is 2. The summed E-state index contributed by atoms with van der Waals surface area (Å²) in [6.07, 6.45) is 5.47. The summed E-state index contributed by atoms with van der Waals surface area (Å²) in [6.45, 7) is 6.25. The van der Waals surface area contributed by atoms with Gasteiger partial charge in [0.15, 0.2) is 0 Å². The molecule has 0 aromatic rings. The summed E-state index contributed by atoms with van der Waals surface area (Å²) in [6, 6.07) is 0.164. The summed E-state index contributed by atoms with van der Waals surface area (Å²) >= 11 is 0. The van der Waals surface area contributed by atoms with E-state index < -0.39 is 0 Å². The molecule has 2 N–H and O–H groups in total. The molecule has 1 heterocycles. The molecule has 5 heteroatoms. The molecule has 2 amide bonds. The van der Waals surface area contributed by atoms with Gasteiger partial charge in [0.2, 0.25) is 0 Å². The van der Waals surface area contributed by atoms with E-state index in [0.717, 1.165) is 25.8 Å². The van der Waals surface area contributed by atoms with Crippen LogP contribution < -0.4 is 5.73 Å². The minimum atomic E-state index is -0.0919. The quantitative estimate of drug-likeness (QED) is 0.839. The van der Waals surface area contributed by atoms with Gasteiger partial charge in [-0.2, -0.15) is 0 Å². The van der Waals surface area contributed by atoms with E-state index in [2.05, 4.69) is 11.8 Å². The third-order valence-corrected chi connectivity index (χ3v) is 4.45. The fraction of sp³-hybridized carbons (Fsp3) is 0.929. The SMILES string of the molecule is CCCN(C(=O)N1CCOCC1)C1(CN)CCCC1. The summed E-state index contributed by atoms with van der Waals surface area (Å²) in [4.78, 5) is 16.8. The third-order valence-electron chi connectivity index (χ3n) is 4.45. The van der Waals surface area contributed by atoms with E-state index in [1.807, 2.05) is 4.90 Å². The number of hydrogen-bond donors (Lipinski definition) is 1. The van der Waals surface area contributed by atoms with Crippen molar-refractivity contribution in [3.8, 4) is 0 Å². The van der Waals surface area contributed by atoms with E-state index in [1.54, 1.807) is 0 Å². The third kappa shape index (κ3) is 3.03. The summed E-state index contributed by atoms with van der Waals surface area (Å²) in [5.74, 6) is 0. The van der Waals surface area contributed by atoms with Crippen LogP contribution in [0.5, 0.6) is 0 Å². The predicted octanol–water partition coefficient (Wildman–Crippen LogP) is 1.42. The van der Waals surface area contributed by atoms with Crippen molar-refractivity contribution >= 4 is 6.03 Å². The fourth-order valence-electron chi connectivity index (χ4n) is 3.30. The van der Waals surface area contributed by atoms with Crippen LogP contribution in [0.2, 0.25) is 0 Å². The zero-order valence-corrected chi connectivity index (χ0v) is 12.1. The van der Waals surface area contributed by atoms with Gasteiger partial charge in [0.1, 0.15) is 0 Å². The first-order valence-corrected chi connectivity index (χ1v) is 7.58. The van der Waals surface area contributed by atoms with Crippen LogP contribution in [-0.4, -0.2) is 60.8 Å². The number of urea groups is 1. The van der Waals surface area contributed by atoms with Gasteiger partial charge in [-0.1, -0.05) is 19.8 Å². The van der Waals surface area contributed by atoms with Gasteiger partial charge in [-0.25, -0.2) is 4.79 Å². The highest BCUT2D eigenvalue weighted by Gasteiger charge is 2.42. The Bertz CT molecular complexity index is 297. The molecule has 1 saturated carbocycles. The lowest BCUT2D eigenvalue weighted by Crippen LogP contribution is -2.59. The van der Waals surface area contributed by atoms with Crippen LogP contribution in [0.3, 0.4) is 0 Å². The molecular weight excluding hydrogens is 242 g/mol. The normalized spacial score (nSPS) is 22.5. The van der Waals surface area contributed by atoms with Gasteiger partial charge in [0.25, 0.3) is 0 Å². The monoisotopic (exact) mass is 269 g/mol. The van der Waals surface area contributed by atoms with Gasteiger partial charge in [-0.05, 0) is 19.3 Å². The standard InChI is InChI=1S/C14H27N3O2/c1-2-7-17(14(12-15)5-3-4-6-14)13(18)16-8-10-19-11-9-16/h2-12,15H2,1H3. The van der Waals surface area contributed by atoms with E-state index in [-0.39, 0.29) is 11.6 Å². The van der Waals surface area contributed by atoms with E-state index in [9.17, 15) is 4.79 Å². The summed E-state index contributed by atoms with van der Waals surface area (Å²) < 4.78 is 5.33. The molecule has 0 bridgehead atoms. The second-order valence-corrected chi connectivity index (χ2v) is 5.67. The van der Waals surface area contributed by atoms with Gasteiger partial charge in [-0.15, -0.1) is 0 Å². The average Bonchev–Trinajstić information content (AvgIpc) is 2.95. The lowest BCUT2D eigenvalue weighted by atomic mass is 9.95. The van der Waals surface area contributed by atoms with Gasteiger partial charge in [-0.3, -0.25) is 0 Å². The van der Waals surface area contributed by atoms with Crippen molar-refractivity contribution < 1.29 is 9.53 Å². The van der Waals surface area contributed by atoms with Crippen molar-refractivity contribution in [3.63, 3.8) is 0 Å². The second-order valence-electron chi connectivity index (χ2n) is 5.67. The molecule has 0 atom stereocenters. The molecule has 1 aliphatic carbocycles. The van der Waals surface area contributed by atoms with Crippen LogP contribution in [0.1, 0.15) is 39.0 Å². The summed E-state index contributed by atoms with van der Waals surface area (Å²) in [7, 11) is 0. The minimum Gasteiger partial charge on any atom is -0.378 e. The first-order chi connectivity index (χ1) is 9.23. The highest BCUT2D eigenvalue weighted by Crippen LogP contribution is 2.35. The molecule has 0 unspecified atom stereocenters. The van der Waals surface area contributed by atoms with E-state index in [1.165, 1.54) is 12.8 Å². The average molecular weight is 269 g/mol. The predicted molar refractivity (Wildman–Crippen MR) is 75.0 cm³/mol. The maximum Gasteiger partial charge on any atom is 0.320 e. The summed E-state index contributed by atoms with van der Waals surface area (Å²) in [5, 5.41) is 0. The Morgan fingerprint density at radius 1 is 1.32 bits per heavy atom. The zero-order chi connectivity index (χ0) is 13.7. The largest absolute Gasteiger partial charge is 0.378 e. The number of carbonyl (C=O) groups is 1. The maximum atomic E-state index is 12.8. The summed E-state index contributed by atoms with van der Waals surface area (Å²) in [5.41, 5.74) is 5.94. The smallest absolute Gasteiger partial charge is 0.320 e. The number of morpholine rings is 1. The molecule has 0 aromatic heterocycles. The number of nitrogens with two attached hydrogens (primary N) is 1. The van der Waals surface area contributed by atoms with Gasteiger partial charge >= 0.3 is 6.03 Å². The van der Waals surface area contributed by atoms with Crippen LogP contribution in [0, 0.1) is 0 Å². The molecule has 0 spiro atoms. The van der Waals surface area contributed by atoms with Crippen molar-refractivity contribution in [2.45, 2.75) is 44.6 Å². The molecule has 110 valence electrons. The minimum absolute atomic E-state index is 0.0919. The molecule has 19 heavy (non-hydrogen) atoms. The van der Waals surface area contributed by atoms with Gasteiger partial charge < -0.3 is 20.3 Å². The molecule has 0 aromatic carbocycles. The highest BCUT2D eigenvalue weighted by molar-refractivity contribution is 5.75. The fourth-order valence-corrected chi connectivity index (χ4v) is 3.30. The van der Waals surface area contributed by atoms with Crippen molar-refractivity contribution in [1.29, 1.82) is 0 Å². The lowest BCUT2D eigenvalue weighted by Gasteiger charge is -2.43. The topological polar surface area (TPSA) is 58.8 Å². The Morgan fingerprint density at radius 3 is 2.47 bits per heavy atom. The van der Waals surface area contributed by atoms with E-state index >= 15 is 0 Å². The van der Waals surface area contributed by atoms with E-state index in [4.69, 9.17) is 10.5 Å². The van der Waals surface area contributed by atoms with Crippen LogP contribution >= 0.6 is 0 Å². The Morgan fingerprint density at radius 2 is 1.95 bits per heavy atom. The number of ether oxygens (including phenoxy) is 1. The van der Waals surface area contributed by atoms with Crippen LogP contribution in [0.15, 0.2) is 0 Å². The Hall–Kier alpha value is -0.810. The van der Waals surface area contributed by atoms with Crippen LogP contribution in [-0.2, 0) is 4.74 Å². The van der Waals surface area contributed by atoms with E-state index in [0.29, 0.717) is 32.8 Å². The van der Waals surface area contributed by atoms with Crippen LogP contribution in [0.25, 0.3) is 0 Å². The molecule has 2 rings (SSSR count). The van der Waals surface area contributed by atoms with Gasteiger partial charge in [0.05, 0.1) is 18.8 Å². The Kier molecular flexibility index (Phi) is 5.05. The number of nitrogens with zero attached hydrogens (tertiary/aromatic N) is 2. The molecule has 1 saturated heterocycles. The van der Waals surface area contributed by atoms with Gasteiger partial charge in [0, 0.05) is 26.2 Å². The van der Waals surface area contributed by atoms with Crippen molar-refractivity contribution in [2.75, 3.05) is 39.4 Å². The Balaban J connectivity index is 2.11. The second kappa shape index (κ2) is 6.57. The number of carbonyl (C=O) groups excluding carboxylic acids is 1. The first-order valence-electron chi connectivity index (χ1n) is 7.58. The molecule has 2 aliphatic rings. The molecule has 5 nitrogen and oxygen atoms in total. The number of rotatable bonds is 4.